The largest absolute Gasteiger partial charge is 0.493 e. The minimum atomic E-state index is -0.316. The molecule has 254 valence electrons. The summed E-state index contributed by atoms with van der Waals surface area (Å²) in [7, 11) is 0. The maximum absolute atomic E-state index is 14.5. The van der Waals surface area contributed by atoms with Crippen LogP contribution in [0.3, 0.4) is 0 Å². The second-order valence-corrected chi connectivity index (χ2v) is 13.8. The van der Waals surface area contributed by atoms with Gasteiger partial charge in [-0.05, 0) is 107 Å². The molecule has 0 aliphatic heterocycles. The third kappa shape index (κ3) is 8.19. The van der Waals surface area contributed by atoms with Gasteiger partial charge in [-0.25, -0.2) is 9.78 Å². The number of carbonyl (C=O) groups excluding carboxylic acids is 1. The number of aromatic amines is 1. The van der Waals surface area contributed by atoms with Crippen LogP contribution in [0.2, 0.25) is 0 Å². The molecule has 1 saturated carbocycles. The van der Waals surface area contributed by atoms with Crippen molar-refractivity contribution in [3.63, 3.8) is 0 Å². The maximum Gasteiger partial charge on any atom is 0.326 e. The van der Waals surface area contributed by atoms with E-state index in [1.54, 1.807) is 23.4 Å². The van der Waals surface area contributed by atoms with Crippen molar-refractivity contribution in [3.8, 4) is 16.9 Å². The molecule has 2 aromatic carbocycles. The average Bonchev–Trinajstić information content (AvgIpc) is 3.11. The number of nitrogens with zero attached hydrogens (tertiary/aromatic N) is 3. The van der Waals surface area contributed by atoms with E-state index in [-0.39, 0.29) is 23.4 Å². The van der Waals surface area contributed by atoms with E-state index in [2.05, 4.69) is 78.3 Å². The molecule has 8 heteroatoms. The lowest BCUT2D eigenvalue weighted by atomic mass is 9.88. The van der Waals surface area contributed by atoms with E-state index in [4.69, 9.17) is 4.74 Å². The number of ether oxygens (including phenoxy) is 1. The minimum absolute atomic E-state index is 0.133. The van der Waals surface area contributed by atoms with E-state index in [1.807, 2.05) is 36.5 Å². The molecule has 0 bridgehead atoms. The lowest BCUT2D eigenvalue weighted by Gasteiger charge is -2.31. The molecule has 1 aliphatic rings. The van der Waals surface area contributed by atoms with Gasteiger partial charge in [0.2, 0.25) is 0 Å². The van der Waals surface area contributed by atoms with Gasteiger partial charge < -0.3 is 15.0 Å². The number of nitrogens with one attached hydrogen (secondary N) is 2. The molecule has 3 heterocycles. The number of anilines is 2. The Labute approximate surface area is 289 Å². The van der Waals surface area contributed by atoms with Crippen molar-refractivity contribution in [1.29, 1.82) is 0 Å². The van der Waals surface area contributed by atoms with Crippen LogP contribution in [0.25, 0.3) is 22.2 Å². The normalized spacial score (nSPS) is 13.6. The third-order valence-electron chi connectivity index (χ3n) is 9.52. The van der Waals surface area contributed by atoms with E-state index in [0.717, 1.165) is 76.7 Å². The Morgan fingerprint density at radius 3 is 2.39 bits per heavy atom. The zero-order valence-electron chi connectivity index (χ0n) is 29.0. The molecule has 0 atom stereocenters. The van der Waals surface area contributed by atoms with Crippen LogP contribution in [0.1, 0.15) is 88.3 Å². The summed E-state index contributed by atoms with van der Waals surface area (Å²) in [6.45, 7) is 9.65. The third-order valence-corrected chi connectivity index (χ3v) is 9.52. The van der Waals surface area contributed by atoms with Crippen LogP contribution < -0.4 is 20.5 Å². The number of hydrogen-bond acceptors (Lipinski definition) is 5. The summed E-state index contributed by atoms with van der Waals surface area (Å²) in [6, 6.07) is 21.8. The molecule has 8 nitrogen and oxygen atoms in total. The van der Waals surface area contributed by atoms with Gasteiger partial charge in [-0.1, -0.05) is 65.2 Å². The number of amides is 2. The topological polar surface area (TPSA) is 100 Å². The number of H-pyrrole nitrogens is 1. The zero-order valence-corrected chi connectivity index (χ0v) is 29.0. The zero-order chi connectivity index (χ0) is 34.3. The highest BCUT2D eigenvalue weighted by molar-refractivity contribution is 6.03. The first-order valence-electron chi connectivity index (χ1n) is 17.6. The molecular formula is C41H47N5O3. The van der Waals surface area contributed by atoms with Crippen LogP contribution in [0.4, 0.5) is 16.2 Å². The fraction of sp³-hybridized carbons (Fsp3) is 0.366. The highest BCUT2D eigenvalue weighted by atomic mass is 16.5. The summed E-state index contributed by atoms with van der Waals surface area (Å²) >= 11 is 0. The first kappa shape index (κ1) is 33.9. The minimum Gasteiger partial charge on any atom is -0.493 e. The lowest BCUT2D eigenvalue weighted by molar-refractivity contribution is 0.254. The number of fused-ring (bicyclic) bond motifs is 1. The van der Waals surface area contributed by atoms with Gasteiger partial charge in [-0.15, -0.1) is 0 Å². The van der Waals surface area contributed by atoms with Gasteiger partial charge >= 0.3 is 6.03 Å². The van der Waals surface area contributed by atoms with E-state index in [9.17, 15) is 9.59 Å². The standard InChI is InChI=1S/C41H47N5O3/c1-27(2)35-22-33(31-14-8-16-34(21-31)49-20-17-29-13-9-18-42-25-29)23-36(28(3)4)38(35)44-41(48)46(26-30-11-6-5-7-12-30)37-24-32-15-10-19-43-39(32)45-40(37)47/h8-10,13-16,18-19,21-25,27-28,30H,5-7,11-12,17,20,26H2,1-4H3,(H,44,48)(H,43,45,47). The van der Waals surface area contributed by atoms with Gasteiger partial charge in [0.15, 0.2) is 0 Å². The van der Waals surface area contributed by atoms with Crippen LogP contribution >= 0.6 is 0 Å². The van der Waals surface area contributed by atoms with Crippen molar-refractivity contribution in [2.75, 3.05) is 23.4 Å². The first-order chi connectivity index (χ1) is 23.8. The average molecular weight is 658 g/mol. The Kier molecular flexibility index (Phi) is 10.7. The van der Waals surface area contributed by atoms with Crippen molar-refractivity contribution in [2.45, 2.75) is 78.1 Å². The highest BCUT2D eigenvalue weighted by Gasteiger charge is 2.27. The Hall–Kier alpha value is -4.98. The van der Waals surface area contributed by atoms with Crippen molar-refractivity contribution in [3.05, 3.63) is 112 Å². The maximum atomic E-state index is 14.5. The van der Waals surface area contributed by atoms with Gasteiger partial charge in [0, 0.05) is 42.6 Å². The van der Waals surface area contributed by atoms with Crippen LogP contribution in [0, 0.1) is 5.92 Å². The summed E-state index contributed by atoms with van der Waals surface area (Å²) in [4.78, 5) is 41.0. The summed E-state index contributed by atoms with van der Waals surface area (Å²) in [6.07, 6.45) is 11.7. The quantitative estimate of drug-likeness (QED) is 0.147. The van der Waals surface area contributed by atoms with Gasteiger partial charge in [-0.2, -0.15) is 0 Å². The number of carbonyl (C=O) groups is 1. The Morgan fingerprint density at radius 2 is 1.67 bits per heavy atom. The smallest absolute Gasteiger partial charge is 0.326 e. The van der Waals surface area contributed by atoms with Gasteiger partial charge in [-0.3, -0.25) is 14.7 Å². The monoisotopic (exact) mass is 657 g/mol. The Balaban J connectivity index is 1.32. The number of rotatable bonds is 11. The molecule has 5 aromatic rings. The molecule has 1 aliphatic carbocycles. The number of urea groups is 1. The van der Waals surface area contributed by atoms with Crippen molar-refractivity contribution in [2.24, 2.45) is 5.92 Å². The second-order valence-electron chi connectivity index (χ2n) is 13.8. The molecule has 0 spiro atoms. The van der Waals surface area contributed by atoms with E-state index in [0.29, 0.717) is 30.4 Å². The number of hydrogen-bond donors (Lipinski definition) is 2. The van der Waals surface area contributed by atoms with Crippen LogP contribution in [-0.2, 0) is 6.42 Å². The van der Waals surface area contributed by atoms with Gasteiger partial charge in [0.25, 0.3) is 5.56 Å². The molecule has 6 rings (SSSR count). The van der Waals surface area contributed by atoms with Gasteiger partial charge in [0.1, 0.15) is 17.1 Å². The van der Waals surface area contributed by atoms with Crippen molar-refractivity contribution >= 4 is 28.4 Å². The molecule has 2 amide bonds. The molecule has 0 radical (unpaired) electrons. The number of benzene rings is 2. The molecule has 0 unspecified atom stereocenters. The molecule has 1 fully saturated rings. The fourth-order valence-electron chi connectivity index (χ4n) is 6.82. The van der Waals surface area contributed by atoms with E-state index >= 15 is 0 Å². The molecule has 0 saturated heterocycles. The summed E-state index contributed by atoms with van der Waals surface area (Å²) in [5.41, 5.74) is 6.71. The Bertz CT molecular complexity index is 1920. The predicted molar refractivity (Wildman–Crippen MR) is 199 cm³/mol. The fourth-order valence-corrected chi connectivity index (χ4v) is 6.82. The molecule has 3 aromatic heterocycles. The SMILES string of the molecule is CC(C)c1cc(-c2cccc(OCCc3cccnc3)c2)cc(C(C)C)c1NC(=O)N(CC1CCCCC1)c1cc2cccnc2[nH]c1=O. The summed E-state index contributed by atoms with van der Waals surface area (Å²) < 4.78 is 6.15. The van der Waals surface area contributed by atoms with Crippen molar-refractivity contribution in [1.82, 2.24) is 15.0 Å². The second kappa shape index (κ2) is 15.5. The predicted octanol–water partition coefficient (Wildman–Crippen LogP) is 9.47. The molecule has 49 heavy (non-hydrogen) atoms. The van der Waals surface area contributed by atoms with Gasteiger partial charge in [0.05, 0.1) is 6.61 Å². The molecular weight excluding hydrogens is 610 g/mol. The lowest BCUT2D eigenvalue weighted by Crippen LogP contribution is -2.42. The summed E-state index contributed by atoms with van der Waals surface area (Å²) in [5, 5.41) is 4.12. The Morgan fingerprint density at radius 1 is 0.918 bits per heavy atom. The van der Waals surface area contributed by atoms with E-state index < -0.39 is 0 Å². The van der Waals surface area contributed by atoms with Crippen LogP contribution in [-0.4, -0.2) is 34.1 Å². The molecule has 2 N–H and O–H groups in total. The van der Waals surface area contributed by atoms with Crippen LogP contribution in [0.15, 0.2) is 90.1 Å². The van der Waals surface area contributed by atoms with Crippen LogP contribution in [0.5, 0.6) is 5.75 Å². The number of aromatic nitrogens is 3. The summed E-state index contributed by atoms with van der Waals surface area (Å²) in [5.74, 6) is 1.41. The highest BCUT2D eigenvalue weighted by Crippen LogP contribution is 2.38. The number of pyridine rings is 3. The van der Waals surface area contributed by atoms with Crippen molar-refractivity contribution < 1.29 is 9.53 Å². The first-order valence-corrected chi connectivity index (χ1v) is 17.6. The van der Waals surface area contributed by atoms with E-state index in [1.165, 1.54) is 6.42 Å².